The Hall–Kier alpha value is -1.16. The second-order valence-electron chi connectivity index (χ2n) is 3.90. The maximum Gasteiger partial charge on any atom is 0.240 e. The summed E-state index contributed by atoms with van der Waals surface area (Å²) in [6, 6.07) is 5.56. The van der Waals surface area contributed by atoms with Crippen molar-refractivity contribution in [1.29, 1.82) is 0 Å². The maximum atomic E-state index is 11.8. The standard InChI is InChI=1S/C11H14N2OS/c1-3-11(2)10(14)13-8-5-4-7(12)6-9(8)15-11/h4-6H,3,12H2,1-2H3,(H,13,14). The van der Waals surface area contributed by atoms with Crippen LogP contribution < -0.4 is 11.1 Å². The number of thioether (sulfide) groups is 1. The lowest BCUT2D eigenvalue weighted by atomic mass is 10.1. The monoisotopic (exact) mass is 222 g/mol. The fourth-order valence-electron chi connectivity index (χ4n) is 1.50. The lowest BCUT2D eigenvalue weighted by molar-refractivity contribution is -0.118. The second kappa shape index (κ2) is 3.45. The molecule has 1 amide bonds. The highest BCUT2D eigenvalue weighted by atomic mass is 32.2. The van der Waals surface area contributed by atoms with Crippen LogP contribution in [0, 0.1) is 0 Å². The molecular weight excluding hydrogens is 208 g/mol. The Labute approximate surface area is 93.4 Å². The van der Waals surface area contributed by atoms with Gasteiger partial charge in [0.25, 0.3) is 0 Å². The summed E-state index contributed by atoms with van der Waals surface area (Å²) in [5, 5.41) is 2.91. The molecule has 4 heteroatoms. The number of nitrogens with two attached hydrogens (primary N) is 1. The third kappa shape index (κ3) is 1.69. The summed E-state index contributed by atoms with van der Waals surface area (Å²) in [7, 11) is 0. The zero-order chi connectivity index (χ0) is 11.1. The predicted molar refractivity (Wildman–Crippen MR) is 64.0 cm³/mol. The largest absolute Gasteiger partial charge is 0.399 e. The van der Waals surface area contributed by atoms with Gasteiger partial charge in [-0.2, -0.15) is 0 Å². The molecule has 3 N–H and O–H groups in total. The van der Waals surface area contributed by atoms with Crippen LogP contribution in [0.5, 0.6) is 0 Å². The Kier molecular flexibility index (Phi) is 2.38. The minimum atomic E-state index is -0.374. The van der Waals surface area contributed by atoms with Gasteiger partial charge >= 0.3 is 0 Å². The number of carbonyl (C=O) groups excluding carboxylic acids is 1. The molecule has 2 rings (SSSR count). The van der Waals surface area contributed by atoms with Crippen LogP contribution in [0.3, 0.4) is 0 Å². The van der Waals surface area contributed by atoms with E-state index in [1.807, 2.05) is 26.0 Å². The lowest BCUT2D eigenvalue weighted by Gasteiger charge is -2.32. The van der Waals surface area contributed by atoms with Crippen molar-refractivity contribution in [3.63, 3.8) is 0 Å². The van der Waals surface area contributed by atoms with Gasteiger partial charge in [-0.25, -0.2) is 0 Å². The van der Waals surface area contributed by atoms with Crippen LogP contribution in [0.1, 0.15) is 20.3 Å². The van der Waals surface area contributed by atoms with E-state index in [0.29, 0.717) is 0 Å². The van der Waals surface area contributed by atoms with Crippen LogP contribution in [-0.2, 0) is 4.79 Å². The van der Waals surface area contributed by atoms with Crippen LogP contribution in [0.15, 0.2) is 23.1 Å². The topological polar surface area (TPSA) is 55.1 Å². The summed E-state index contributed by atoms with van der Waals surface area (Å²) < 4.78 is -0.374. The van der Waals surface area contributed by atoms with Crippen molar-refractivity contribution >= 4 is 29.0 Å². The Balaban J connectivity index is 2.43. The van der Waals surface area contributed by atoms with Crippen LogP contribution in [0.4, 0.5) is 11.4 Å². The first kappa shape index (κ1) is 10.4. The smallest absolute Gasteiger partial charge is 0.240 e. The van der Waals surface area contributed by atoms with E-state index in [2.05, 4.69) is 5.32 Å². The number of nitrogens with one attached hydrogen (secondary N) is 1. The third-order valence-electron chi connectivity index (χ3n) is 2.74. The molecule has 3 nitrogen and oxygen atoms in total. The minimum absolute atomic E-state index is 0.0762. The first-order valence-corrected chi connectivity index (χ1v) is 5.77. The molecule has 0 spiro atoms. The van der Waals surface area contributed by atoms with Gasteiger partial charge in [-0.05, 0) is 31.5 Å². The SMILES string of the molecule is CCC1(C)Sc2cc(N)ccc2NC1=O. The second-order valence-corrected chi connectivity index (χ2v) is 5.44. The van der Waals surface area contributed by atoms with Crippen molar-refractivity contribution in [3.8, 4) is 0 Å². The van der Waals surface area contributed by atoms with Gasteiger partial charge in [-0.3, -0.25) is 4.79 Å². The molecule has 0 aromatic heterocycles. The maximum absolute atomic E-state index is 11.8. The molecule has 1 aromatic rings. The van der Waals surface area contributed by atoms with E-state index in [4.69, 9.17) is 5.73 Å². The number of amides is 1. The van der Waals surface area contributed by atoms with Gasteiger partial charge in [0.2, 0.25) is 5.91 Å². The molecule has 1 aliphatic rings. The fourth-order valence-corrected chi connectivity index (χ4v) is 2.70. The van der Waals surface area contributed by atoms with Crippen LogP contribution in [0.2, 0.25) is 0 Å². The van der Waals surface area contributed by atoms with E-state index in [9.17, 15) is 4.79 Å². The number of rotatable bonds is 1. The van der Waals surface area contributed by atoms with E-state index in [0.717, 1.165) is 22.7 Å². The average molecular weight is 222 g/mol. The molecule has 1 atom stereocenters. The average Bonchev–Trinajstić information content (AvgIpc) is 2.20. The zero-order valence-corrected chi connectivity index (χ0v) is 9.65. The molecule has 15 heavy (non-hydrogen) atoms. The van der Waals surface area contributed by atoms with E-state index in [-0.39, 0.29) is 10.7 Å². The lowest BCUT2D eigenvalue weighted by Crippen LogP contribution is -2.39. The molecule has 0 bridgehead atoms. The van der Waals surface area contributed by atoms with Crippen molar-refractivity contribution in [1.82, 2.24) is 0 Å². The summed E-state index contributed by atoms with van der Waals surface area (Å²) in [5.74, 6) is 0.0762. The summed E-state index contributed by atoms with van der Waals surface area (Å²) in [6.45, 7) is 3.98. The molecule has 0 aliphatic carbocycles. The molecule has 1 aliphatic heterocycles. The number of anilines is 2. The Morgan fingerprint density at radius 2 is 2.27 bits per heavy atom. The molecule has 80 valence electrons. The molecular formula is C11H14N2OS. The molecule has 0 saturated carbocycles. The fraction of sp³-hybridized carbons (Fsp3) is 0.364. The number of hydrogen-bond donors (Lipinski definition) is 2. The Bertz CT molecular complexity index is 419. The van der Waals surface area contributed by atoms with E-state index in [1.165, 1.54) is 0 Å². The van der Waals surface area contributed by atoms with E-state index in [1.54, 1.807) is 17.8 Å². The summed E-state index contributed by atoms with van der Waals surface area (Å²) in [5.41, 5.74) is 7.32. The summed E-state index contributed by atoms with van der Waals surface area (Å²) in [4.78, 5) is 12.9. The minimum Gasteiger partial charge on any atom is -0.399 e. The number of hydrogen-bond acceptors (Lipinski definition) is 3. The highest BCUT2D eigenvalue weighted by Crippen LogP contribution is 2.44. The van der Waals surface area contributed by atoms with Crippen LogP contribution in [0.25, 0.3) is 0 Å². The highest BCUT2D eigenvalue weighted by Gasteiger charge is 2.37. The van der Waals surface area contributed by atoms with Gasteiger partial charge in [0.05, 0.1) is 10.4 Å². The number of nitrogen functional groups attached to an aromatic ring is 1. The van der Waals surface area contributed by atoms with E-state index < -0.39 is 0 Å². The normalized spacial score (nSPS) is 24.5. The quantitative estimate of drug-likeness (QED) is 0.718. The molecule has 1 unspecified atom stereocenters. The van der Waals surface area contributed by atoms with Gasteiger partial charge in [0, 0.05) is 10.6 Å². The molecule has 1 aromatic carbocycles. The molecule has 0 fully saturated rings. The summed E-state index contributed by atoms with van der Waals surface area (Å²) >= 11 is 1.59. The zero-order valence-electron chi connectivity index (χ0n) is 8.83. The number of fused-ring (bicyclic) bond motifs is 1. The third-order valence-corrected chi connectivity index (χ3v) is 4.23. The first-order chi connectivity index (χ1) is 7.05. The van der Waals surface area contributed by atoms with Gasteiger partial charge < -0.3 is 11.1 Å². The van der Waals surface area contributed by atoms with Gasteiger partial charge in [-0.1, -0.05) is 6.92 Å². The van der Waals surface area contributed by atoms with Crippen molar-refractivity contribution in [2.45, 2.75) is 29.9 Å². The first-order valence-electron chi connectivity index (χ1n) is 4.95. The highest BCUT2D eigenvalue weighted by molar-refractivity contribution is 8.01. The van der Waals surface area contributed by atoms with Crippen molar-refractivity contribution < 1.29 is 4.79 Å². The molecule has 1 heterocycles. The molecule has 0 radical (unpaired) electrons. The van der Waals surface area contributed by atoms with Crippen LogP contribution >= 0.6 is 11.8 Å². The van der Waals surface area contributed by atoms with Gasteiger partial charge in [0.15, 0.2) is 0 Å². The van der Waals surface area contributed by atoms with Crippen molar-refractivity contribution in [2.75, 3.05) is 11.1 Å². The predicted octanol–water partition coefficient (Wildman–Crippen LogP) is 2.48. The Morgan fingerprint density at radius 1 is 1.53 bits per heavy atom. The van der Waals surface area contributed by atoms with Crippen molar-refractivity contribution in [2.24, 2.45) is 0 Å². The van der Waals surface area contributed by atoms with Crippen LogP contribution in [-0.4, -0.2) is 10.7 Å². The van der Waals surface area contributed by atoms with Gasteiger partial charge in [0.1, 0.15) is 0 Å². The van der Waals surface area contributed by atoms with E-state index >= 15 is 0 Å². The Morgan fingerprint density at radius 3 is 2.93 bits per heavy atom. The summed E-state index contributed by atoms with van der Waals surface area (Å²) in [6.07, 6.45) is 0.803. The molecule has 0 saturated heterocycles. The number of carbonyl (C=O) groups is 1. The van der Waals surface area contributed by atoms with Gasteiger partial charge in [-0.15, -0.1) is 11.8 Å². The van der Waals surface area contributed by atoms with Crippen molar-refractivity contribution in [3.05, 3.63) is 18.2 Å². The number of benzene rings is 1.